The number of anilines is 1. The van der Waals surface area contributed by atoms with E-state index in [-0.39, 0.29) is 5.28 Å². The van der Waals surface area contributed by atoms with Gasteiger partial charge in [0.25, 0.3) is 0 Å². The zero-order valence-electron chi connectivity index (χ0n) is 10.9. The first-order valence-corrected chi connectivity index (χ1v) is 6.57. The highest BCUT2D eigenvalue weighted by molar-refractivity contribution is 6.28. The van der Waals surface area contributed by atoms with Crippen LogP contribution in [0.1, 0.15) is 33.6 Å². The molecule has 0 saturated heterocycles. The van der Waals surface area contributed by atoms with Crippen LogP contribution in [0, 0.1) is 5.92 Å². The van der Waals surface area contributed by atoms with Crippen molar-refractivity contribution in [1.82, 2.24) is 20.2 Å². The summed E-state index contributed by atoms with van der Waals surface area (Å²) < 4.78 is 0. The average Bonchev–Trinajstić information content (AvgIpc) is 2.74. The molecule has 5 nitrogen and oxygen atoms in total. The third kappa shape index (κ3) is 3.10. The van der Waals surface area contributed by atoms with Gasteiger partial charge >= 0.3 is 0 Å². The Bertz CT molecular complexity index is 522. The van der Waals surface area contributed by atoms with E-state index in [1.807, 2.05) is 0 Å². The molecular formula is C12H18ClN5. The lowest BCUT2D eigenvalue weighted by molar-refractivity contribution is 0.527. The van der Waals surface area contributed by atoms with E-state index in [9.17, 15) is 0 Å². The molecule has 0 aliphatic carbocycles. The number of fused-ring (bicyclic) bond motifs is 1. The second-order valence-corrected chi connectivity index (χ2v) is 5.33. The smallest absolute Gasteiger partial charge is 0.226 e. The maximum absolute atomic E-state index is 5.88. The predicted molar refractivity (Wildman–Crippen MR) is 73.9 cm³/mol. The number of H-pyrrole nitrogens is 1. The van der Waals surface area contributed by atoms with E-state index in [0.29, 0.717) is 17.6 Å². The lowest BCUT2D eigenvalue weighted by Gasteiger charge is -2.16. The van der Waals surface area contributed by atoms with Crippen molar-refractivity contribution >= 4 is 28.5 Å². The SMILES string of the molecule is CC(C)CCC(C)Nc1nc(Cl)nc2[nH]ncc12. The molecule has 18 heavy (non-hydrogen) atoms. The van der Waals surface area contributed by atoms with Gasteiger partial charge in [0.05, 0.1) is 11.6 Å². The molecule has 2 rings (SSSR count). The highest BCUT2D eigenvalue weighted by Gasteiger charge is 2.11. The van der Waals surface area contributed by atoms with Crippen LogP contribution >= 0.6 is 11.6 Å². The fourth-order valence-electron chi connectivity index (χ4n) is 1.81. The Labute approximate surface area is 111 Å². The van der Waals surface area contributed by atoms with Gasteiger partial charge in [-0.1, -0.05) is 13.8 Å². The summed E-state index contributed by atoms with van der Waals surface area (Å²) in [7, 11) is 0. The van der Waals surface area contributed by atoms with Crippen molar-refractivity contribution in [2.75, 3.05) is 5.32 Å². The first kappa shape index (κ1) is 13.1. The van der Waals surface area contributed by atoms with Crippen LogP contribution in [0.4, 0.5) is 5.82 Å². The lowest BCUT2D eigenvalue weighted by Crippen LogP contribution is -2.17. The summed E-state index contributed by atoms with van der Waals surface area (Å²) in [4.78, 5) is 8.30. The molecule has 1 unspecified atom stereocenters. The third-order valence-corrected chi connectivity index (χ3v) is 3.01. The minimum Gasteiger partial charge on any atom is -0.367 e. The molecule has 0 aliphatic rings. The molecule has 0 radical (unpaired) electrons. The number of nitrogens with one attached hydrogen (secondary N) is 2. The number of aromatic amines is 1. The largest absolute Gasteiger partial charge is 0.367 e. The van der Waals surface area contributed by atoms with Crippen LogP contribution in [0.3, 0.4) is 0 Å². The van der Waals surface area contributed by atoms with Gasteiger partial charge in [0.2, 0.25) is 5.28 Å². The second kappa shape index (κ2) is 5.52. The van der Waals surface area contributed by atoms with E-state index in [4.69, 9.17) is 11.6 Å². The Balaban J connectivity index is 2.13. The van der Waals surface area contributed by atoms with Gasteiger partial charge in [0, 0.05) is 6.04 Å². The first-order valence-electron chi connectivity index (χ1n) is 6.19. The molecule has 2 aromatic heterocycles. The standard InChI is InChI=1S/C12H18ClN5/c1-7(2)4-5-8(3)15-10-9-6-14-18-11(9)17-12(13)16-10/h6-8H,4-5H2,1-3H3,(H2,14,15,16,17,18). The van der Waals surface area contributed by atoms with Crippen molar-refractivity contribution in [2.24, 2.45) is 5.92 Å². The van der Waals surface area contributed by atoms with Gasteiger partial charge in [-0.25, -0.2) is 0 Å². The van der Waals surface area contributed by atoms with Gasteiger partial charge in [-0.15, -0.1) is 0 Å². The Kier molecular flexibility index (Phi) is 4.01. The quantitative estimate of drug-likeness (QED) is 0.816. The second-order valence-electron chi connectivity index (χ2n) is 4.99. The zero-order valence-corrected chi connectivity index (χ0v) is 11.6. The van der Waals surface area contributed by atoms with Crippen LogP contribution in [0.2, 0.25) is 5.28 Å². The fraction of sp³-hybridized carbons (Fsp3) is 0.583. The molecule has 0 spiro atoms. The number of hydrogen-bond donors (Lipinski definition) is 2. The van der Waals surface area contributed by atoms with Crippen molar-refractivity contribution in [3.05, 3.63) is 11.5 Å². The molecule has 0 fully saturated rings. The molecule has 98 valence electrons. The van der Waals surface area contributed by atoms with E-state index >= 15 is 0 Å². The van der Waals surface area contributed by atoms with Crippen LogP contribution in [0.5, 0.6) is 0 Å². The normalized spacial score (nSPS) is 13.2. The van der Waals surface area contributed by atoms with Gasteiger partial charge in [-0.05, 0) is 37.3 Å². The van der Waals surface area contributed by atoms with Gasteiger partial charge in [0.1, 0.15) is 5.82 Å². The van der Waals surface area contributed by atoms with Gasteiger partial charge < -0.3 is 5.32 Å². The van der Waals surface area contributed by atoms with E-state index in [1.165, 1.54) is 6.42 Å². The Morgan fingerprint density at radius 2 is 2.06 bits per heavy atom. The maximum Gasteiger partial charge on any atom is 0.226 e. The van der Waals surface area contributed by atoms with Crippen molar-refractivity contribution in [3.63, 3.8) is 0 Å². The number of nitrogens with zero attached hydrogens (tertiary/aromatic N) is 3. The van der Waals surface area contributed by atoms with Crippen molar-refractivity contribution in [1.29, 1.82) is 0 Å². The number of hydrogen-bond acceptors (Lipinski definition) is 4. The molecular weight excluding hydrogens is 250 g/mol. The molecule has 2 N–H and O–H groups in total. The molecule has 0 saturated carbocycles. The Morgan fingerprint density at radius 1 is 1.28 bits per heavy atom. The third-order valence-electron chi connectivity index (χ3n) is 2.84. The van der Waals surface area contributed by atoms with Crippen molar-refractivity contribution in [2.45, 2.75) is 39.7 Å². The average molecular weight is 268 g/mol. The lowest BCUT2D eigenvalue weighted by atomic mass is 10.0. The van der Waals surface area contributed by atoms with E-state index in [0.717, 1.165) is 17.6 Å². The van der Waals surface area contributed by atoms with Crippen molar-refractivity contribution < 1.29 is 0 Å². The minimum absolute atomic E-state index is 0.227. The summed E-state index contributed by atoms with van der Waals surface area (Å²) in [5, 5.41) is 11.2. The number of rotatable bonds is 5. The summed E-state index contributed by atoms with van der Waals surface area (Å²) in [5.41, 5.74) is 0.661. The number of aromatic nitrogens is 4. The van der Waals surface area contributed by atoms with Crippen LogP contribution in [0.15, 0.2) is 6.20 Å². The number of halogens is 1. The topological polar surface area (TPSA) is 66.5 Å². The van der Waals surface area contributed by atoms with Gasteiger partial charge in [0.15, 0.2) is 5.65 Å². The van der Waals surface area contributed by atoms with Crippen LogP contribution < -0.4 is 5.32 Å². The van der Waals surface area contributed by atoms with Crippen LogP contribution in [0.25, 0.3) is 11.0 Å². The van der Waals surface area contributed by atoms with E-state index in [2.05, 4.69) is 46.3 Å². The van der Waals surface area contributed by atoms with Gasteiger partial charge in [-0.3, -0.25) is 5.10 Å². The summed E-state index contributed by atoms with van der Waals surface area (Å²) >= 11 is 5.88. The monoisotopic (exact) mass is 267 g/mol. The van der Waals surface area contributed by atoms with E-state index < -0.39 is 0 Å². The molecule has 0 aromatic carbocycles. The fourth-order valence-corrected chi connectivity index (χ4v) is 1.98. The summed E-state index contributed by atoms with van der Waals surface area (Å²) in [5.74, 6) is 1.45. The maximum atomic E-state index is 5.88. The molecule has 0 amide bonds. The Morgan fingerprint density at radius 3 is 2.78 bits per heavy atom. The minimum atomic E-state index is 0.227. The van der Waals surface area contributed by atoms with Gasteiger partial charge in [-0.2, -0.15) is 15.1 Å². The van der Waals surface area contributed by atoms with Crippen LogP contribution in [-0.2, 0) is 0 Å². The van der Waals surface area contributed by atoms with Crippen LogP contribution in [-0.4, -0.2) is 26.2 Å². The first-order chi connectivity index (χ1) is 8.56. The highest BCUT2D eigenvalue weighted by atomic mass is 35.5. The Hall–Kier alpha value is -1.36. The molecule has 0 aliphatic heterocycles. The summed E-state index contributed by atoms with van der Waals surface area (Å²) in [6.07, 6.45) is 3.99. The molecule has 2 aromatic rings. The summed E-state index contributed by atoms with van der Waals surface area (Å²) in [6.45, 7) is 6.59. The zero-order chi connectivity index (χ0) is 13.1. The highest BCUT2D eigenvalue weighted by Crippen LogP contribution is 2.21. The molecule has 2 heterocycles. The molecule has 0 bridgehead atoms. The predicted octanol–water partition coefficient (Wildman–Crippen LogP) is 3.24. The van der Waals surface area contributed by atoms with Crippen molar-refractivity contribution in [3.8, 4) is 0 Å². The summed E-state index contributed by atoms with van der Waals surface area (Å²) in [6, 6.07) is 0.344. The van der Waals surface area contributed by atoms with E-state index in [1.54, 1.807) is 6.20 Å². The molecule has 6 heteroatoms. The molecule has 1 atom stereocenters.